The van der Waals surface area contributed by atoms with Crippen LogP contribution in [0.1, 0.15) is 33.4 Å². The van der Waals surface area contributed by atoms with E-state index >= 15 is 0 Å². The van der Waals surface area contributed by atoms with Gasteiger partial charge in [0.2, 0.25) is 0 Å². The van der Waals surface area contributed by atoms with Crippen LogP contribution in [-0.4, -0.2) is 0 Å². The molecule has 170 valence electrons. The summed E-state index contributed by atoms with van der Waals surface area (Å²) in [6.07, 6.45) is 1.84. The van der Waals surface area contributed by atoms with Crippen molar-refractivity contribution in [2.45, 2.75) is 26.7 Å². The van der Waals surface area contributed by atoms with Gasteiger partial charge in [0.25, 0.3) is 0 Å². The van der Waals surface area contributed by atoms with E-state index in [4.69, 9.17) is 4.74 Å². The van der Waals surface area contributed by atoms with Crippen LogP contribution < -0.4 is 4.74 Å². The van der Waals surface area contributed by atoms with Crippen molar-refractivity contribution in [1.29, 1.82) is 0 Å². The minimum Gasteiger partial charge on any atom is -0.457 e. The first-order valence-electron chi connectivity index (χ1n) is 12.3. The van der Waals surface area contributed by atoms with Crippen molar-refractivity contribution in [2.24, 2.45) is 0 Å². The molecule has 0 fully saturated rings. The van der Waals surface area contributed by atoms with Gasteiger partial charge < -0.3 is 4.74 Å². The first-order valence-corrected chi connectivity index (χ1v) is 12.3. The topological polar surface area (TPSA) is 9.23 Å². The lowest BCUT2D eigenvalue weighted by molar-refractivity contribution is 0.477. The molecule has 0 bridgehead atoms. The monoisotopic (exact) mass is 452 g/mol. The SMILES string of the molecule is Cc1ccc(Cc2ccccc2-c2ccc3c(c2)-c2cc(C)ccc2C3)c(Oc2ccccc2)c1. The first kappa shape index (κ1) is 21.4. The van der Waals surface area contributed by atoms with Gasteiger partial charge in [-0.15, -0.1) is 0 Å². The van der Waals surface area contributed by atoms with E-state index in [0.717, 1.165) is 24.3 Å². The molecule has 0 saturated heterocycles. The fraction of sp³-hybridized carbons (Fsp3) is 0.118. The van der Waals surface area contributed by atoms with Crippen LogP contribution in [0.3, 0.4) is 0 Å². The Morgan fingerprint density at radius 2 is 1.26 bits per heavy atom. The van der Waals surface area contributed by atoms with E-state index in [1.165, 1.54) is 55.6 Å². The number of hydrogen-bond acceptors (Lipinski definition) is 1. The molecule has 0 unspecified atom stereocenters. The van der Waals surface area contributed by atoms with Gasteiger partial charge in [-0.1, -0.05) is 90.5 Å². The average Bonchev–Trinajstić information content (AvgIpc) is 3.24. The lowest BCUT2D eigenvalue weighted by Gasteiger charge is -2.15. The van der Waals surface area contributed by atoms with Crippen molar-refractivity contribution in [3.8, 4) is 33.8 Å². The summed E-state index contributed by atoms with van der Waals surface area (Å²) in [7, 11) is 0. The lowest BCUT2D eigenvalue weighted by Crippen LogP contribution is -1.97. The van der Waals surface area contributed by atoms with Gasteiger partial charge in [-0.25, -0.2) is 0 Å². The van der Waals surface area contributed by atoms with E-state index in [0.29, 0.717) is 0 Å². The number of rotatable bonds is 5. The van der Waals surface area contributed by atoms with E-state index in [9.17, 15) is 0 Å². The van der Waals surface area contributed by atoms with Crippen molar-refractivity contribution < 1.29 is 4.74 Å². The third-order valence-electron chi connectivity index (χ3n) is 6.95. The maximum Gasteiger partial charge on any atom is 0.131 e. The van der Waals surface area contributed by atoms with Gasteiger partial charge in [-0.2, -0.15) is 0 Å². The number of ether oxygens (including phenoxy) is 1. The van der Waals surface area contributed by atoms with Gasteiger partial charge >= 0.3 is 0 Å². The van der Waals surface area contributed by atoms with Gasteiger partial charge in [0, 0.05) is 6.42 Å². The molecular weight excluding hydrogens is 424 g/mol. The number of hydrogen-bond donors (Lipinski definition) is 0. The highest BCUT2D eigenvalue weighted by molar-refractivity contribution is 5.82. The first-order chi connectivity index (χ1) is 17.1. The molecule has 0 saturated carbocycles. The minimum absolute atomic E-state index is 0.811. The summed E-state index contributed by atoms with van der Waals surface area (Å²) >= 11 is 0. The molecule has 0 spiro atoms. The van der Waals surface area contributed by atoms with Crippen LogP contribution in [0.2, 0.25) is 0 Å². The van der Waals surface area contributed by atoms with Crippen molar-refractivity contribution in [2.75, 3.05) is 0 Å². The number of benzene rings is 5. The van der Waals surface area contributed by atoms with E-state index in [-0.39, 0.29) is 0 Å². The third-order valence-corrected chi connectivity index (χ3v) is 6.95. The summed E-state index contributed by atoms with van der Waals surface area (Å²) in [6.45, 7) is 4.29. The Balaban J connectivity index is 1.38. The van der Waals surface area contributed by atoms with Crippen molar-refractivity contribution in [3.63, 3.8) is 0 Å². The van der Waals surface area contributed by atoms with E-state index in [1.807, 2.05) is 30.3 Å². The van der Waals surface area contributed by atoms with Gasteiger partial charge in [0.15, 0.2) is 0 Å². The van der Waals surface area contributed by atoms with Crippen LogP contribution in [-0.2, 0) is 12.8 Å². The average molecular weight is 453 g/mol. The van der Waals surface area contributed by atoms with Crippen LogP contribution in [0, 0.1) is 13.8 Å². The van der Waals surface area contributed by atoms with Crippen molar-refractivity contribution in [1.82, 2.24) is 0 Å². The van der Waals surface area contributed by atoms with Gasteiger partial charge in [0.05, 0.1) is 0 Å². The Hall–Kier alpha value is -4.10. The molecule has 6 rings (SSSR count). The number of aryl methyl sites for hydroxylation is 2. The van der Waals surface area contributed by atoms with Gasteiger partial charge in [0.1, 0.15) is 11.5 Å². The minimum atomic E-state index is 0.811. The standard InChI is InChI=1S/C34H28O/c1-23-12-14-26-20-27-16-17-28(22-33(27)32(26)18-23)31-11-7-6-8-25(31)21-29-15-13-24(2)19-34(29)35-30-9-4-3-5-10-30/h3-19,22H,20-21H2,1-2H3. The molecule has 0 radical (unpaired) electrons. The summed E-state index contributed by atoms with van der Waals surface area (Å²) in [5.74, 6) is 1.78. The Morgan fingerprint density at radius 3 is 2.11 bits per heavy atom. The zero-order valence-electron chi connectivity index (χ0n) is 20.2. The Bertz CT molecular complexity index is 1530. The molecule has 0 heterocycles. The summed E-state index contributed by atoms with van der Waals surface area (Å²) in [6, 6.07) is 39.1. The smallest absolute Gasteiger partial charge is 0.131 e. The van der Waals surface area contributed by atoms with Crippen LogP contribution in [0.4, 0.5) is 0 Å². The molecule has 0 N–H and O–H groups in total. The Labute approximate surface area is 207 Å². The molecular formula is C34H28O. The van der Waals surface area contributed by atoms with Gasteiger partial charge in [-0.05, 0) is 94.6 Å². The molecule has 5 aromatic carbocycles. The Kier molecular flexibility index (Phi) is 5.47. The van der Waals surface area contributed by atoms with Gasteiger partial charge in [-0.3, -0.25) is 0 Å². The molecule has 0 amide bonds. The quantitative estimate of drug-likeness (QED) is 0.254. The molecule has 35 heavy (non-hydrogen) atoms. The molecule has 1 aliphatic rings. The Morgan fingerprint density at radius 1 is 0.571 bits per heavy atom. The molecule has 1 nitrogen and oxygen atoms in total. The van der Waals surface area contributed by atoms with Crippen LogP contribution >= 0.6 is 0 Å². The fourth-order valence-corrected chi connectivity index (χ4v) is 5.13. The predicted octanol–water partition coefficient (Wildman–Crippen LogP) is 8.92. The summed E-state index contributed by atoms with van der Waals surface area (Å²) < 4.78 is 6.32. The van der Waals surface area contributed by atoms with Crippen LogP contribution in [0.25, 0.3) is 22.3 Å². The second kappa shape index (κ2) is 8.92. The van der Waals surface area contributed by atoms with Crippen molar-refractivity contribution in [3.05, 3.63) is 143 Å². The van der Waals surface area contributed by atoms with E-state index < -0.39 is 0 Å². The largest absolute Gasteiger partial charge is 0.457 e. The van der Waals surface area contributed by atoms with E-state index in [2.05, 4.69) is 92.7 Å². The molecule has 0 atom stereocenters. The van der Waals surface area contributed by atoms with Crippen molar-refractivity contribution >= 4 is 0 Å². The third kappa shape index (κ3) is 4.26. The summed E-state index contributed by atoms with van der Waals surface area (Å²) in [4.78, 5) is 0. The number of fused-ring (bicyclic) bond motifs is 3. The summed E-state index contributed by atoms with van der Waals surface area (Å²) in [5, 5.41) is 0. The second-order valence-electron chi connectivity index (χ2n) is 9.57. The molecule has 0 aromatic heterocycles. The highest BCUT2D eigenvalue weighted by Gasteiger charge is 2.19. The normalized spacial score (nSPS) is 11.7. The molecule has 0 aliphatic heterocycles. The summed E-state index contributed by atoms with van der Waals surface area (Å²) in [5.41, 5.74) is 13.2. The molecule has 1 heteroatoms. The lowest BCUT2D eigenvalue weighted by atomic mass is 9.92. The predicted molar refractivity (Wildman–Crippen MR) is 145 cm³/mol. The van der Waals surface area contributed by atoms with E-state index in [1.54, 1.807) is 0 Å². The maximum atomic E-state index is 6.32. The highest BCUT2D eigenvalue weighted by atomic mass is 16.5. The number of para-hydroxylation sites is 1. The zero-order chi connectivity index (χ0) is 23.8. The highest BCUT2D eigenvalue weighted by Crippen LogP contribution is 2.40. The molecule has 1 aliphatic carbocycles. The maximum absolute atomic E-state index is 6.32. The second-order valence-corrected chi connectivity index (χ2v) is 9.57. The fourth-order valence-electron chi connectivity index (χ4n) is 5.13. The zero-order valence-corrected chi connectivity index (χ0v) is 20.2. The van der Waals surface area contributed by atoms with Crippen LogP contribution in [0.5, 0.6) is 11.5 Å². The molecule has 5 aromatic rings. The van der Waals surface area contributed by atoms with Crippen LogP contribution in [0.15, 0.2) is 109 Å².